The largest absolute Gasteiger partial charge is 0.119 e. The van der Waals surface area contributed by atoms with Crippen LogP contribution in [0.1, 0.15) is 47.5 Å². The molecular weight excluding hydrogens is 156 g/mol. The summed E-state index contributed by atoms with van der Waals surface area (Å²) in [7, 11) is 0. The zero-order chi connectivity index (χ0) is 9.07. The second-order valence-electron chi connectivity index (χ2n) is 4.37. The van der Waals surface area contributed by atoms with Crippen LogP contribution in [0.25, 0.3) is 0 Å². The minimum absolute atomic E-state index is 0.00424. The average Bonchev–Trinajstić information content (AvgIpc) is 1.84. The van der Waals surface area contributed by atoms with Gasteiger partial charge in [0.05, 0.1) is 0 Å². The van der Waals surface area contributed by atoms with Crippen molar-refractivity contribution >= 4 is 11.6 Å². The van der Waals surface area contributed by atoms with Crippen molar-refractivity contribution in [3.05, 3.63) is 0 Å². The molecule has 0 fully saturated rings. The van der Waals surface area contributed by atoms with E-state index in [1.165, 1.54) is 6.42 Å². The predicted octanol–water partition coefficient (Wildman–Crippen LogP) is 4.08. The van der Waals surface area contributed by atoms with Gasteiger partial charge in [0.1, 0.15) is 0 Å². The Kier molecular flexibility index (Phi) is 4.46. The Morgan fingerprint density at radius 3 is 1.91 bits per heavy atom. The van der Waals surface area contributed by atoms with Gasteiger partial charge < -0.3 is 0 Å². The summed E-state index contributed by atoms with van der Waals surface area (Å²) in [6.07, 6.45) is 2.36. The first kappa shape index (κ1) is 11.3. The first-order valence-electron chi connectivity index (χ1n) is 4.55. The zero-order valence-corrected chi connectivity index (χ0v) is 9.20. The van der Waals surface area contributed by atoms with E-state index in [4.69, 9.17) is 11.6 Å². The summed E-state index contributed by atoms with van der Waals surface area (Å²) in [5.74, 6) is 1.34. The molecule has 0 spiro atoms. The van der Waals surface area contributed by atoms with Gasteiger partial charge in [-0.05, 0) is 31.6 Å². The Hall–Kier alpha value is 0.290. The molecule has 0 N–H and O–H groups in total. The molecule has 0 aromatic heterocycles. The van der Waals surface area contributed by atoms with E-state index in [0.29, 0.717) is 5.92 Å². The number of hydrogen-bond acceptors (Lipinski definition) is 0. The Morgan fingerprint density at radius 2 is 1.64 bits per heavy atom. The third-order valence-electron chi connectivity index (χ3n) is 2.41. The average molecular weight is 177 g/mol. The fourth-order valence-electron chi connectivity index (χ4n) is 0.860. The van der Waals surface area contributed by atoms with Crippen LogP contribution in [0.5, 0.6) is 0 Å². The van der Waals surface area contributed by atoms with E-state index in [2.05, 4.69) is 34.6 Å². The van der Waals surface area contributed by atoms with Crippen molar-refractivity contribution < 1.29 is 0 Å². The van der Waals surface area contributed by atoms with Gasteiger partial charge in [-0.25, -0.2) is 0 Å². The topological polar surface area (TPSA) is 0 Å². The normalized spacial score (nSPS) is 17.5. The molecule has 68 valence electrons. The van der Waals surface area contributed by atoms with Gasteiger partial charge in [0.25, 0.3) is 0 Å². The number of alkyl halides is 1. The number of halogens is 1. The van der Waals surface area contributed by atoms with Crippen LogP contribution in [0, 0.1) is 11.8 Å². The Balaban J connectivity index is 3.73. The molecule has 0 saturated heterocycles. The molecule has 0 heterocycles. The zero-order valence-electron chi connectivity index (χ0n) is 8.45. The van der Waals surface area contributed by atoms with Crippen molar-refractivity contribution in [3.63, 3.8) is 0 Å². The molecule has 0 aromatic rings. The Labute approximate surface area is 76.3 Å². The summed E-state index contributed by atoms with van der Waals surface area (Å²) in [4.78, 5) is 0.00424. The summed E-state index contributed by atoms with van der Waals surface area (Å²) in [5.41, 5.74) is 0. The lowest BCUT2D eigenvalue weighted by Gasteiger charge is -2.27. The van der Waals surface area contributed by atoms with E-state index in [1.807, 2.05) is 0 Å². The predicted molar refractivity (Wildman–Crippen MR) is 53.2 cm³/mol. The maximum atomic E-state index is 6.32. The van der Waals surface area contributed by atoms with Gasteiger partial charge in [-0.2, -0.15) is 0 Å². The second-order valence-corrected chi connectivity index (χ2v) is 5.23. The number of rotatable bonds is 4. The van der Waals surface area contributed by atoms with Gasteiger partial charge in [-0.3, -0.25) is 0 Å². The van der Waals surface area contributed by atoms with Crippen LogP contribution in [-0.4, -0.2) is 4.87 Å². The van der Waals surface area contributed by atoms with Crippen molar-refractivity contribution in [2.24, 2.45) is 11.8 Å². The van der Waals surface area contributed by atoms with Crippen LogP contribution in [0.4, 0.5) is 0 Å². The molecule has 0 aliphatic heterocycles. The van der Waals surface area contributed by atoms with Crippen LogP contribution >= 0.6 is 11.6 Å². The second kappa shape index (κ2) is 4.35. The van der Waals surface area contributed by atoms with E-state index in [1.54, 1.807) is 0 Å². The van der Waals surface area contributed by atoms with E-state index in [0.717, 1.165) is 12.3 Å². The van der Waals surface area contributed by atoms with Crippen molar-refractivity contribution in [3.8, 4) is 0 Å². The minimum atomic E-state index is 0.00424. The lowest BCUT2D eigenvalue weighted by molar-refractivity contribution is 0.389. The highest BCUT2D eigenvalue weighted by molar-refractivity contribution is 6.23. The molecule has 0 bridgehead atoms. The molecule has 0 aromatic carbocycles. The fraction of sp³-hybridized carbons (Fsp3) is 1.00. The van der Waals surface area contributed by atoms with Crippen LogP contribution < -0.4 is 0 Å². The molecular formula is C10H21Cl. The molecule has 0 amide bonds. The third-order valence-corrected chi connectivity index (χ3v) is 3.04. The molecule has 0 aliphatic carbocycles. The van der Waals surface area contributed by atoms with Crippen molar-refractivity contribution in [2.45, 2.75) is 52.3 Å². The fourth-order valence-corrected chi connectivity index (χ4v) is 0.969. The molecule has 1 unspecified atom stereocenters. The van der Waals surface area contributed by atoms with E-state index in [-0.39, 0.29) is 4.87 Å². The molecule has 11 heavy (non-hydrogen) atoms. The van der Waals surface area contributed by atoms with Gasteiger partial charge >= 0.3 is 0 Å². The van der Waals surface area contributed by atoms with E-state index < -0.39 is 0 Å². The summed E-state index contributed by atoms with van der Waals surface area (Å²) < 4.78 is 0. The smallest absolute Gasteiger partial charge is 0.0441 e. The van der Waals surface area contributed by atoms with Crippen LogP contribution in [0.3, 0.4) is 0 Å². The van der Waals surface area contributed by atoms with E-state index in [9.17, 15) is 0 Å². The maximum Gasteiger partial charge on any atom is 0.0441 e. The van der Waals surface area contributed by atoms with E-state index >= 15 is 0 Å². The molecule has 1 atom stereocenters. The van der Waals surface area contributed by atoms with Crippen LogP contribution in [0.2, 0.25) is 0 Å². The van der Waals surface area contributed by atoms with Gasteiger partial charge in [-0.1, -0.05) is 27.7 Å². The molecule has 0 radical (unpaired) electrons. The lowest BCUT2D eigenvalue weighted by Crippen LogP contribution is -2.24. The minimum Gasteiger partial charge on any atom is -0.119 e. The summed E-state index contributed by atoms with van der Waals surface area (Å²) >= 11 is 6.32. The number of hydrogen-bond donors (Lipinski definition) is 0. The Morgan fingerprint density at radius 1 is 1.18 bits per heavy atom. The quantitative estimate of drug-likeness (QED) is 0.567. The summed E-state index contributed by atoms with van der Waals surface area (Å²) in [5, 5.41) is 0. The molecule has 1 heteroatoms. The van der Waals surface area contributed by atoms with Gasteiger partial charge in [0, 0.05) is 4.87 Å². The van der Waals surface area contributed by atoms with Crippen molar-refractivity contribution in [1.29, 1.82) is 0 Å². The SMILES string of the molecule is CC(C)CCC(C)(Cl)C(C)C. The van der Waals surface area contributed by atoms with Gasteiger partial charge in [0.2, 0.25) is 0 Å². The molecule has 0 nitrogen and oxygen atoms in total. The maximum absolute atomic E-state index is 6.32. The first-order chi connectivity index (χ1) is 4.86. The highest BCUT2D eigenvalue weighted by atomic mass is 35.5. The highest BCUT2D eigenvalue weighted by Gasteiger charge is 2.24. The van der Waals surface area contributed by atoms with Gasteiger partial charge in [-0.15, -0.1) is 11.6 Å². The van der Waals surface area contributed by atoms with Crippen LogP contribution in [0.15, 0.2) is 0 Å². The molecule has 0 rings (SSSR count). The lowest BCUT2D eigenvalue weighted by atomic mass is 9.89. The first-order valence-corrected chi connectivity index (χ1v) is 4.93. The third kappa shape index (κ3) is 4.68. The summed E-state index contributed by atoms with van der Waals surface area (Å²) in [6.45, 7) is 11.0. The molecule has 0 saturated carbocycles. The standard InChI is InChI=1S/C10H21Cl/c1-8(2)6-7-10(5,11)9(3)4/h8-9H,6-7H2,1-5H3. The van der Waals surface area contributed by atoms with Gasteiger partial charge in [0.15, 0.2) is 0 Å². The monoisotopic (exact) mass is 176 g/mol. The van der Waals surface area contributed by atoms with Crippen LogP contribution in [-0.2, 0) is 0 Å². The summed E-state index contributed by atoms with van der Waals surface area (Å²) in [6, 6.07) is 0. The van der Waals surface area contributed by atoms with Crippen molar-refractivity contribution in [1.82, 2.24) is 0 Å². The molecule has 0 aliphatic rings. The highest BCUT2D eigenvalue weighted by Crippen LogP contribution is 2.30. The Bertz CT molecular complexity index is 103. The van der Waals surface area contributed by atoms with Crippen molar-refractivity contribution in [2.75, 3.05) is 0 Å².